The molecule has 1 N–H and O–H groups in total. The molecule has 4 nitrogen and oxygen atoms in total. The lowest BCUT2D eigenvalue weighted by Crippen LogP contribution is -2.46. The highest BCUT2D eigenvalue weighted by molar-refractivity contribution is 4.82. The smallest absolute Gasteiger partial charge is 0.0510 e. The van der Waals surface area contributed by atoms with Crippen LogP contribution in [0.5, 0.6) is 0 Å². The summed E-state index contributed by atoms with van der Waals surface area (Å²) in [6, 6.07) is 0.590. The van der Waals surface area contributed by atoms with Crippen molar-refractivity contribution in [1.82, 2.24) is 15.1 Å². The Morgan fingerprint density at radius 1 is 1.26 bits per heavy atom. The van der Waals surface area contributed by atoms with E-state index in [1.807, 2.05) is 0 Å². The summed E-state index contributed by atoms with van der Waals surface area (Å²) in [7, 11) is 4.29. The number of hydrogen-bond donors (Lipinski definition) is 1. The molecule has 114 valence electrons. The van der Waals surface area contributed by atoms with Crippen LogP contribution >= 0.6 is 0 Å². The average molecular weight is 271 g/mol. The number of nitrogens with one attached hydrogen (secondary N) is 1. The van der Waals surface area contributed by atoms with Gasteiger partial charge in [0.1, 0.15) is 0 Å². The Hall–Kier alpha value is -0.160. The molecule has 1 heterocycles. The van der Waals surface area contributed by atoms with Crippen molar-refractivity contribution in [1.29, 1.82) is 0 Å². The van der Waals surface area contributed by atoms with Crippen molar-refractivity contribution >= 4 is 0 Å². The van der Waals surface area contributed by atoms with E-state index in [0.29, 0.717) is 12.0 Å². The van der Waals surface area contributed by atoms with Gasteiger partial charge in [0.2, 0.25) is 0 Å². The van der Waals surface area contributed by atoms with Gasteiger partial charge in [-0.2, -0.15) is 0 Å². The minimum absolute atomic E-state index is 0.590. The Bertz CT molecular complexity index is 217. The minimum atomic E-state index is 0.590. The minimum Gasteiger partial charge on any atom is -0.381 e. The van der Waals surface area contributed by atoms with Gasteiger partial charge in [-0.05, 0) is 53.1 Å². The second kappa shape index (κ2) is 9.70. The van der Waals surface area contributed by atoms with Crippen LogP contribution < -0.4 is 5.32 Å². The molecule has 2 unspecified atom stereocenters. The van der Waals surface area contributed by atoms with Crippen molar-refractivity contribution < 1.29 is 4.74 Å². The predicted molar refractivity (Wildman–Crippen MR) is 81.7 cm³/mol. The van der Waals surface area contributed by atoms with Gasteiger partial charge in [-0.3, -0.25) is 0 Å². The van der Waals surface area contributed by atoms with Crippen LogP contribution in [0.1, 0.15) is 26.7 Å². The fourth-order valence-corrected chi connectivity index (χ4v) is 2.78. The zero-order valence-corrected chi connectivity index (χ0v) is 13.3. The number of ether oxygens (including phenoxy) is 1. The van der Waals surface area contributed by atoms with E-state index in [1.165, 1.54) is 25.9 Å². The summed E-state index contributed by atoms with van der Waals surface area (Å²) in [6.07, 6.45) is 2.47. The van der Waals surface area contributed by atoms with E-state index in [2.05, 4.69) is 43.1 Å². The molecule has 2 atom stereocenters. The van der Waals surface area contributed by atoms with E-state index >= 15 is 0 Å². The number of likely N-dealkylation sites (N-methyl/N-ethyl adjacent to an activating group) is 2. The summed E-state index contributed by atoms with van der Waals surface area (Å²) in [5.74, 6) is 0.697. The van der Waals surface area contributed by atoms with Crippen molar-refractivity contribution in [3.05, 3.63) is 0 Å². The zero-order chi connectivity index (χ0) is 14.1. The molecule has 0 aliphatic carbocycles. The van der Waals surface area contributed by atoms with Crippen LogP contribution in [0.2, 0.25) is 0 Å². The quantitative estimate of drug-likeness (QED) is 0.648. The molecular formula is C15H33N3O. The van der Waals surface area contributed by atoms with Crippen LogP contribution in [-0.4, -0.2) is 75.9 Å². The number of hydrogen-bond acceptors (Lipinski definition) is 4. The van der Waals surface area contributed by atoms with Gasteiger partial charge < -0.3 is 19.9 Å². The monoisotopic (exact) mass is 271 g/mol. The second-order valence-corrected chi connectivity index (χ2v) is 5.84. The van der Waals surface area contributed by atoms with Crippen LogP contribution in [-0.2, 0) is 4.74 Å². The van der Waals surface area contributed by atoms with Crippen LogP contribution in [0, 0.1) is 5.92 Å². The summed E-state index contributed by atoms with van der Waals surface area (Å²) in [5, 5.41) is 3.66. The molecule has 0 saturated carbocycles. The Labute approximate surface area is 119 Å². The lowest BCUT2D eigenvalue weighted by molar-refractivity contribution is 0.161. The van der Waals surface area contributed by atoms with Crippen molar-refractivity contribution in [2.75, 3.05) is 60.0 Å². The molecule has 0 spiro atoms. The molecule has 1 saturated heterocycles. The van der Waals surface area contributed by atoms with E-state index < -0.39 is 0 Å². The molecule has 1 fully saturated rings. The van der Waals surface area contributed by atoms with Gasteiger partial charge in [-0.15, -0.1) is 0 Å². The highest BCUT2D eigenvalue weighted by Gasteiger charge is 2.26. The molecule has 4 heteroatoms. The maximum Gasteiger partial charge on any atom is 0.0510 e. The van der Waals surface area contributed by atoms with E-state index in [1.54, 1.807) is 0 Å². The lowest BCUT2D eigenvalue weighted by Gasteiger charge is -2.30. The molecule has 19 heavy (non-hydrogen) atoms. The van der Waals surface area contributed by atoms with Gasteiger partial charge in [0.15, 0.2) is 0 Å². The Balaban J connectivity index is 2.35. The zero-order valence-electron chi connectivity index (χ0n) is 13.3. The molecule has 1 rings (SSSR count). The second-order valence-electron chi connectivity index (χ2n) is 5.84. The van der Waals surface area contributed by atoms with Gasteiger partial charge in [-0.1, -0.05) is 13.8 Å². The van der Waals surface area contributed by atoms with Crippen molar-refractivity contribution in [3.8, 4) is 0 Å². The van der Waals surface area contributed by atoms with E-state index in [4.69, 9.17) is 4.74 Å². The van der Waals surface area contributed by atoms with Gasteiger partial charge in [-0.25, -0.2) is 0 Å². The third-order valence-electron chi connectivity index (χ3n) is 3.98. The van der Waals surface area contributed by atoms with E-state index in [-0.39, 0.29) is 0 Å². The third-order valence-corrected chi connectivity index (χ3v) is 3.98. The third kappa shape index (κ3) is 6.70. The highest BCUT2D eigenvalue weighted by atomic mass is 16.5. The van der Waals surface area contributed by atoms with Crippen LogP contribution in [0.4, 0.5) is 0 Å². The van der Waals surface area contributed by atoms with E-state index in [9.17, 15) is 0 Å². The summed E-state index contributed by atoms with van der Waals surface area (Å²) in [5.41, 5.74) is 0. The lowest BCUT2D eigenvalue weighted by atomic mass is 9.98. The number of nitrogens with zero attached hydrogens (tertiary/aromatic N) is 2. The van der Waals surface area contributed by atoms with Crippen molar-refractivity contribution in [2.24, 2.45) is 5.92 Å². The van der Waals surface area contributed by atoms with Crippen LogP contribution in [0.3, 0.4) is 0 Å². The first-order chi connectivity index (χ1) is 9.17. The van der Waals surface area contributed by atoms with Crippen LogP contribution in [0.25, 0.3) is 0 Å². The standard InChI is InChI=1S/C15H33N3O/c1-5-16-15(14-8-11-19-13-14)12-18(6-2)10-7-9-17(3)4/h14-16H,5-13H2,1-4H3. The van der Waals surface area contributed by atoms with E-state index in [0.717, 1.165) is 32.8 Å². The van der Waals surface area contributed by atoms with Gasteiger partial charge in [0.05, 0.1) is 6.61 Å². The molecule has 1 aliphatic heterocycles. The van der Waals surface area contributed by atoms with Crippen LogP contribution in [0.15, 0.2) is 0 Å². The van der Waals surface area contributed by atoms with Crippen molar-refractivity contribution in [3.63, 3.8) is 0 Å². The SMILES string of the molecule is CCNC(CN(CC)CCCN(C)C)C1CCOC1. The highest BCUT2D eigenvalue weighted by Crippen LogP contribution is 2.17. The fraction of sp³-hybridized carbons (Fsp3) is 1.00. The molecule has 0 aromatic heterocycles. The molecule has 0 aromatic carbocycles. The Kier molecular flexibility index (Phi) is 8.62. The number of rotatable bonds is 10. The topological polar surface area (TPSA) is 27.7 Å². The normalized spacial score (nSPS) is 21.5. The largest absolute Gasteiger partial charge is 0.381 e. The maximum atomic E-state index is 5.55. The molecule has 1 aliphatic rings. The predicted octanol–water partition coefficient (Wildman–Crippen LogP) is 1.27. The summed E-state index contributed by atoms with van der Waals surface area (Å²) < 4.78 is 5.55. The summed E-state index contributed by atoms with van der Waals surface area (Å²) in [6.45, 7) is 12.1. The van der Waals surface area contributed by atoms with Gasteiger partial charge in [0, 0.05) is 25.1 Å². The summed E-state index contributed by atoms with van der Waals surface area (Å²) >= 11 is 0. The van der Waals surface area contributed by atoms with Gasteiger partial charge in [0.25, 0.3) is 0 Å². The average Bonchev–Trinajstić information content (AvgIpc) is 2.90. The van der Waals surface area contributed by atoms with Crippen molar-refractivity contribution in [2.45, 2.75) is 32.7 Å². The molecule has 0 bridgehead atoms. The molecular weight excluding hydrogens is 238 g/mol. The first-order valence-corrected chi connectivity index (χ1v) is 7.85. The molecule has 0 aromatic rings. The first kappa shape index (κ1) is 16.9. The Morgan fingerprint density at radius 2 is 2.05 bits per heavy atom. The first-order valence-electron chi connectivity index (χ1n) is 7.85. The fourth-order valence-electron chi connectivity index (χ4n) is 2.78. The molecule has 0 amide bonds. The Morgan fingerprint density at radius 3 is 2.58 bits per heavy atom. The summed E-state index contributed by atoms with van der Waals surface area (Å²) in [4.78, 5) is 4.84. The molecule has 0 radical (unpaired) electrons. The maximum absolute atomic E-state index is 5.55. The van der Waals surface area contributed by atoms with Gasteiger partial charge >= 0.3 is 0 Å².